The summed E-state index contributed by atoms with van der Waals surface area (Å²) in [5, 5.41) is 8.47. The van der Waals surface area contributed by atoms with Gasteiger partial charge in [-0.25, -0.2) is 0 Å². The number of aromatic nitrogens is 1. The Kier molecular flexibility index (Phi) is 2.31. The van der Waals surface area contributed by atoms with Crippen molar-refractivity contribution < 1.29 is 9.90 Å². The average Bonchev–Trinajstić information content (AvgIpc) is 2.35. The largest absolute Gasteiger partial charge is 0.481 e. The third kappa shape index (κ3) is 2.11. The lowest BCUT2D eigenvalue weighted by molar-refractivity contribution is -0.137. The second kappa shape index (κ2) is 3.23. The average molecular weight is 153 g/mol. The fraction of sp³-hybridized carbons (Fsp3) is 0.375. The molecule has 0 fully saturated rings. The van der Waals surface area contributed by atoms with Gasteiger partial charge in [0.05, 0.1) is 6.42 Å². The number of carboxylic acid groups (broad SMARTS) is 1. The van der Waals surface area contributed by atoms with Gasteiger partial charge in [0, 0.05) is 18.4 Å². The molecule has 0 amide bonds. The van der Waals surface area contributed by atoms with Gasteiger partial charge in [-0.2, -0.15) is 0 Å². The topological polar surface area (TPSA) is 42.2 Å². The van der Waals surface area contributed by atoms with Crippen molar-refractivity contribution in [3.05, 3.63) is 24.5 Å². The lowest BCUT2D eigenvalue weighted by Gasteiger charge is -2.09. The minimum Gasteiger partial charge on any atom is -0.481 e. The van der Waals surface area contributed by atoms with Crippen LogP contribution >= 0.6 is 0 Å². The summed E-state index contributed by atoms with van der Waals surface area (Å²) >= 11 is 0. The van der Waals surface area contributed by atoms with E-state index >= 15 is 0 Å². The SMILES string of the molecule is C[C@H](CC(=O)O)n1cccc1. The van der Waals surface area contributed by atoms with Crippen molar-refractivity contribution in [1.29, 1.82) is 0 Å². The van der Waals surface area contributed by atoms with Gasteiger partial charge < -0.3 is 9.67 Å². The Morgan fingerprint density at radius 2 is 2.09 bits per heavy atom. The van der Waals surface area contributed by atoms with E-state index in [0.29, 0.717) is 0 Å². The second-order valence-electron chi connectivity index (χ2n) is 2.58. The van der Waals surface area contributed by atoms with E-state index in [1.807, 2.05) is 36.0 Å². The molecule has 0 saturated heterocycles. The van der Waals surface area contributed by atoms with Crippen molar-refractivity contribution in [2.75, 3.05) is 0 Å². The van der Waals surface area contributed by atoms with Crippen LogP contribution in [0.2, 0.25) is 0 Å². The van der Waals surface area contributed by atoms with Crippen molar-refractivity contribution >= 4 is 5.97 Å². The van der Waals surface area contributed by atoms with E-state index in [2.05, 4.69) is 0 Å². The van der Waals surface area contributed by atoms with Crippen LogP contribution in [0.25, 0.3) is 0 Å². The Morgan fingerprint density at radius 1 is 1.55 bits per heavy atom. The van der Waals surface area contributed by atoms with E-state index in [-0.39, 0.29) is 12.5 Å². The van der Waals surface area contributed by atoms with E-state index in [4.69, 9.17) is 5.11 Å². The standard InChI is InChI=1S/C8H11NO2/c1-7(6-8(10)11)9-4-2-3-5-9/h2-5,7H,6H2,1H3,(H,10,11)/t7-/m1/s1. The van der Waals surface area contributed by atoms with E-state index < -0.39 is 5.97 Å². The highest BCUT2D eigenvalue weighted by Gasteiger charge is 2.06. The van der Waals surface area contributed by atoms with Crippen molar-refractivity contribution in [2.24, 2.45) is 0 Å². The number of carbonyl (C=O) groups is 1. The van der Waals surface area contributed by atoms with Gasteiger partial charge in [0.1, 0.15) is 0 Å². The van der Waals surface area contributed by atoms with Gasteiger partial charge in [-0.15, -0.1) is 0 Å². The number of nitrogens with zero attached hydrogens (tertiary/aromatic N) is 1. The van der Waals surface area contributed by atoms with Crippen molar-refractivity contribution in [3.63, 3.8) is 0 Å². The van der Waals surface area contributed by atoms with Crippen LogP contribution in [0.15, 0.2) is 24.5 Å². The van der Waals surface area contributed by atoms with Crippen LogP contribution < -0.4 is 0 Å². The Bertz CT molecular complexity index is 228. The molecule has 0 unspecified atom stereocenters. The van der Waals surface area contributed by atoms with Crippen LogP contribution in [-0.2, 0) is 4.79 Å². The second-order valence-corrected chi connectivity index (χ2v) is 2.58. The van der Waals surface area contributed by atoms with E-state index in [1.54, 1.807) is 0 Å². The Labute approximate surface area is 65.3 Å². The summed E-state index contributed by atoms with van der Waals surface area (Å²) in [7, 11) is 0. The molecular weight excluding hydrogens is 142 g/mol. The van der Waals surface area contributed by atoms with Crippen LogP contribution in [0.4, 0.5) is 0 Å². The fourth-order valence-electron chi connectivity index (χ4n) is 1.000. The first-order chi connectivity index (χ1) is 5.20. The Balaban J connectivity index is 2.56. The molecule has 60 valence electrons. The van der Waals surface area contributed by atoms with Gasteiger partial charge in [-0.1, -0.05) is 0 Å². The molecule has 0 aliphatic rings. The predicted octanol–water partition coefficient (Wildman–Crippen LogP) is 1.52. The maximum absolute atomic E-state index is 10.3. The zero-order chi connectivity index (χ0) is 8.27. The Morgan fingerprint density at radius 3 is 2.55 bits per heavy atom. The quantitative estimate of drug-likeness (QED) is 0.715. The molecular formula is C8H11NO2. The molecule has 1 aromatic heterocycles. The molecule has 0 spiro atoms. The van der Waals surface area contributed by atoms with Crippen LogP contribution in [0.1, 0.15) is 19.4 Å². The van der Waals surface area contributed by atoms with Crippen LogP contribution in [0.3, 0.4) is 0 Å². The molecule has 3 heteroatoms. The van der Waals surface area contributed by atoms with Gasteiger partial charge >= 0.3 is 5.97 Å². The summed E-state index contributed by atoms with van der Waals surface area (Å²) in [5.41, 5.74) is 0. The maximum Gasteiger partial charge on any atom is 0.305 e. The molecule has 0 aliphatic carbocycles. The van der Waals surface area contributed by atoms with E-state index in [9.17, 15) is 4.79 Å². The molecule has 11 heavy (non-hydrogen) atoms. The maximum atomic E-state index is 10.3. The summed E-state index contributed by atoms with van der Waals surface area (Å²) in [4.78, 5) is 10.3. The molecule has 0 saturated carbocycles. The summed E-state index contributed by atoms with van der Waals surface area (Å²) in [6.45, 7) is 1.88. The fourth-order valence-corrected chi connectivity index (χ4v) is 1.000. The van der Waals surface area contributed by atoms with E-state index in [1.165, 1.54) is 0 Å². The molecule has 1 N–H and O–H groups in total. The summed E-state index contributed by atoms with van der Waals surface area (Å²) in [6, 6.07) is 3.82. The van der Waals surface area contributed by atoms with Crippen molar-refractivity contribution in [3.8, 4) is 0 Å². The zero-order valence-corrected chi connectivity index (χ0v) is 6.40. The summed E-state index contributed by atoms with van der Waals surface area (Å²) in [5.74, 6) is -0.758. The smallest absolute Gasteiger partial charge is 0.305 e. The van der Waals surface area contributed by atoms with Gasteiger partial charge in [-0.3, -0.25) is 4.79 Å². The molecule has 1 aromatic rings. The lowest BCUT2D eigenvalue weighted by atomic mass is 10.2. The van der Waals surface area contributed by atoms with Crippen molar-refractivity contribution in [2.45, 2.75) is 19.4 Å². The number of aliphatic carboxylic acids is 1. The molecule has 1 heterocycles. The normalized spacial score (nSPS) is 12.8. The molecule has 0 aromatic carbocycles. The zero-order valence-electron chi connectivity index (χ0n) is 6.40. The summed E-state index contributed by atoms with van der Waals surface area (Å²) < 4.78 is 1.88. The van der Waals surface area contributed by atoms with Crippen LogP contribution in [0.5, 0.6) is 0 Å². The number of hydrogen-bond donors (Lipinski definition) is 1. The van der Waals surface area contributed by atoms with Crippen molar-refractivity contribution in [1.82, 2.24) is 4.57 Å². The monoisotopic (exact) mass is 153 g/mol. The highest BCUT2D eigenvalue weighted by Crippen LogP contribution is 2.09. The molecule has 3 nitrogen and oxygen atoms in total. The highest BCUT2D eigenvalue weighted by atomic mass is 16.4. The van der Waals surface area contributed by atoms with Gasteiger partial charge in [0.2, 0.25) is 0 Å². The highest BCUT2D eigenvalue weighted by molar-refractivity contribution is 5.67. The number of carboxylic acids is 1. The van der Waals surface area contributed by atoms with E-state index in [0.717, 1.165) is 0 Å². The first kappa shape index (κ1) is 7.85. The summed E-state index contributed by atoms with van der Waals surface area (Å²) in [6.07, 6.45) is 3.91. The minimum absolute atomic E-state index is 0.0440. The first-order valence-corrected chi connectivity index (χ1v) is 3.54. The number of hydrogen-bond acceptors (Lipinski definition) is 1. The van der Waals surface area contributed by atoms with Crippen LogP contribution in [0, 0.1) is 0 Å². The van der Waals surface area contributed by atoms with Gasteiger partial charge in [-0.05, 0) is 19.1 Å². The molecule has 1 rings (SSSR count). The van der Waals surface area contributed by atoms with Gasteiger partial charge in [0.15, 0.2) is 0 Å². The van der Waals surface area contributed by atoms with Gasteiger partial charge in [0.25, 0.3) is 0 Å². The lowest BCUT2D eigenvalue weighted by Crippen LogP contribution is -2.08. The molecule has 0 bridgehead atoms. The molecule has 0 aliphatic heterocycles. The third-order valence-electron chi connectivity index (χ3n) is 1.61. The first-order valence-electron chi connectivity index (χ1n) is 3.54. The predicted molar refractivity (Wildman–Crippen MR) is 41.4 cm³/mol. The minimum atomic E-state index is -0.758. The molecule has 1 atom stereocenters. The third-order valence-corrected chi connectivity index (χ3v) is 1.61. The molecule has 0 radical (unpaired) electrons. The number of rotatable bonds is 3. The Hall–Kier alpha value is -1.25. The van der Waals surface area contributed by atoms with Crippen LogP contribution in [-0.4, -0.2) is 15.6 Å².